The van der Waals surface area contributed by atoms with Crippen LogP contribution in [0.15, 0.2) is 0 Å². The molecule has 1 atom stereocenters. The highest BCUT2D eigenvalue weighted by molar-refractivity contribution is 6.46. The molecule has 0 bridgehead atoms. The van der Waals surface area contributed by atoms with Crippen LogP contribution in [0, 0.1) is 0 Å². The summed E-state index contributed by atoms with van der Waals surface area (Å²) >= 11 is 5.05. The van der Waals surface area contributed by atoms with Crippen LogP contribution < -0.4 is 11.3 Å². The Morgan fingerprint density at radius 1 is 1.56 bits per heavy atom. The Hall–Kier alpha value is -0.610. The third-order valence-electron chi connectivity index (χ3n) is 0.562. The normalized spacial score (nSPS) is 11.3. The molecule has 0 aliphatic rings. The number of hydrogen-bond donors (Lipinski definition) is 1. The highest BCUT2D eigenvalue weighted by Crippen LogP contribution is 1.92. The summed E-state index contributed by atoms with van der Waals surface area (Å²) in [7, 11) is 0. The molecule has 0 fully saturated rings. The number of alkyl halides is 1. The van der Waals surface area contributed by atoms with E-state index in [4.69, 9.17) is 11.6 Å². The highest BCUT2D eigenvalue weighted by atomic mass is 35.5. The molecule has 9 heavy (non-hydrogen) atoms. The average molecular weight is 154 g/mol. The van der Waals surface area contributed by atoms with Crippen molar-refractivity contribution in [1.29, 1.82) is 0 Å². The number of carbonyl (C=O) groups excluding carboxylic acids is 2. The molecule has 0 aliphatic heterocycles. The lowest BCUT2D eigenvalue weighted by atomic mass is 10.3. The van der Waals surface area contributed by atoms with Crippen molar-refractivity contribution in [2.45, 2.75) is 12.3 Å². The maximum absolute atomic E-state index is 10.0. The molecule has 4 nitrogen and oxygen atoms in total. The van der Waals surface area contributed by atoms with Gasteiger partial charge in [0.05, 0.1) is 5.38 Å². The van der Waals surface area contributed by atoms with Crippen LogP contribution in [0.25, 0.3) is 0 Å². The summed E-state index contributed by atoms with van der Waals surface area (Å²) < 4.78 is 0. The number of halogens is 1. The van der Waals surface area contributed by atoms with Gasteiger partial charge >= 0.3 is 0 Å². The van der Waals surface area contributed by atoms with Crippen molar-refractivity contribution in [3.63, 3.8) is 0 Å². The number of rotatable bonds is 2. The number of quaternary nitrogens is 1. The summed E-state index contributed by atoms with van der Waals surface area (Å²) in [6.45, 7) is 1.28. The molecule has 0 aliphatic carbocycles. The molecule has 1 unspecified atom stereocenters. The van der Waals surface area contributed by atoms with Gasteiger partial charge in [-0.2, -0.15) is 0 Å². The van der Waals surface area contributed by atoms with Crippen LogP contribution in [-0.4, -0.2) is 17.1 Å². The van der Waals surface area contributed by atoms with Crippen molar-refractivity contribution in [3.8, 4) is 0 Å². The minimum Gasteiger partial charge on any atom is -0.542 e. The molecule has 0 spiro atoms. The number of ketones is 1. The standard InChI is InChI=1S/C4H5ClO3.H3N/c1-2(5)3(6)4(7)8;/h2H,1H3,(H,7,8);1H3. The van der Waals surface area contributed by atoms with E-state index in [1.54, 1.807) is 0 Å². The molecule has 0 aromatic carbocycles. The van der Waals surface area contributed by atoms with Crippen molar-refractivity contribution in [3.05, 3.63) is 0 Å². The second-order valence-corrected chi connectivity index (χ2v) is 1.92. The molecule has 0 saturated heterocycles. The zero-order valence-electron chi connectivity index (χ0n) is 5.18. The maximum atomic E-state index is 10.0. The van der Waals surface area contributed by atoms with E-state index < -0.39 is 17.1 Å². The van der Waals surface area contributed by atoms with Crippen molar-refractivity contribution < 1.29 is 14.7 Å². The van der Waals surface area contributed by atoms with Gasteiger partial charge in [0.1, 0.15) is 5.97 Å². The van der Waals surface area contributed by atoms with E-state index in [1.165, 1.54) is 6.92 Å². The molecule has 0 radical (unpaired) electrons. The predicted octanol–water partition coefficient (Wildman–Crippen LogP) is -0.691. The summed E-state index contributed by atoms with van der Waals surface area (Å²) in [6.07, 6.45) is 0. The van der Waals surface area contributed by atoms with Gasteiger partial charge in [-0.05, 0) is 6.92 Å². The number of carboxylic acids is 1. The summed E-state index contributed by atoms with van der Waals surface area (Å²) in [4.78, 5) is 19.6. The molecule has 0 amide bonds. The fraction of sp³-hybridized carbons (Fsp3) is 0.500. The Morgan fingerprint density at radius 3 is 1.89 bits per heavy atom. The SMILES string of the molecule is CC(Cl)C(=O)C(=O)[O-].[NH4+]. The van der Waals surface area contributed by atoms with E-state index in [-0.39, 0.29) is 6.15 Å². The molecule has 0 aromatic rings. The Balaban J connectivity index is 0. The van der Waals surface area contributed by atoms with Gasteiger partial charge in [-0.1, -0.05) is 0 Å². The van der Waals surface area contributed by atoms with E-state index in [2.05, 4.69) is 0 Å². The van der Waals surface area contributed by atoms with Gasteiger partial charge in [0.25, 0.3) is 0 Å². The first-order valence-corrected chi connectivity index (χ1v) is 2.38. The van der Waals surface area contributed by atoms with E-state index in [9.17, 15) is 14.7 Å². The quantitative estimate of drug-likeness (QED) is 0.420. The molecule has 0 aromatic heterocycles. The third-order valence-corrected chi connectivity index (χ3v) is 0.761. The smallest absolute Gasteiger partial charge is 0.195 e. The van der Waals surface area contributed by atoms with Crippen molar-refractivity contribution in [1.82, 2.24) is 6.15 Å². The lowest BCUT2D eigenvalue weighted by molar-refractivity contribution is -0.299. The molecule has 0 heterocycles. The van der Waals surface area contributed by atoms with Crippen molar-refractivity contribution in [2.24, 2.45) is 0 Å². The monoisotopic (exact) mass is 153 g/mol. The topological polar surface area (TPSA) is 93.7 Å². The highest BCUT2D eigenvalue weighted by Gasteiger charge is 2.08. The third kappa shape index (κ3) is 3.93. The van der Waals surface area contributed by atoms with Crippen LogP contribution in [0.5, 0.6) is 0 Å². The Labute approximate surface area is 57.4 Å². The van der Waals surface area contributed by atoms with Crippen LogP contribution in [-0.2, 0) is 9.59 Å². The summed E-state index contributed by atoms with van der Waals surface area (Å²) in [5.41, 5.74) is 0. The number of carboxylic acid groups (broad SMARTS) is 1. The van der Waals surface area contributed by atoms with Crippen LogP contribution >= 0.6 is 11.6 Å². The molecule has 4 N–H and O–H groups in total. The lowest BCUT2D eigenvalue weighted by Crippen LogP contribution is -2.35. The van der Waals surface area contributed by atoms with E-state index in [1.807, 2.05) is 0 Å². The van der Waals surface area contributed by atoms with Crippen LogP contribution in [0.2, 0.25) is 0 Å². The molecular weight excluding hydrogens is 146 g/mol. The first-order chi connectivity index (χ1) is 3.55. The van der Waals surface area contributed by atoms with Gasteiger partial charge in [0, 0.05) is 0 Å². The minimum atomic E-state index is -1.73. The maximum Gasteiger partial charge on any atom is 0.195 e. The van der Waals surface area contributed by atoms with E-state index in [0.717, 1.165) is 0 Å². The first kappa shape index (κ1) is 11.2. The molecule has 5 heteroatoms. The summed E-state index contributed by atoms with van der Waals surface area (Å²) in [5.74, 6) is -2.81. The Morgan fingerprint density at radius 2 is 1.89 bits per heavy atom. The van der Waals surface area contributed by atoms with Crippen molar-refractivity contribution >= 4 is 23.4 Å². The van der Waals surface area contributed by atoms with Gasteiger partial charge in [-0.3, -0.25) is 4.79 Å². The zero-order valence-corrected chi connectivity index (χ0v) is 5.94. The Bertz CT molecular complexity index is 123. The summed E-state index contributed by atoms with van der Waals surface area (Å²) in [5, 5.41) is 8.61. The fourth-order valence-corrected chi connectivity index (χ4v) is 0.251. The van der Waals surface area contributed by atoms with Crippen molar-refractivity contribution in [2.75, 3.05) is 0 Å². The van der Waals surface area contributed by atoms with E-state index >= 15 is 0 Å². The van der Waals surface area contributed by atoms with Crippen LogP contribution in [0.4, 0.5) is 0 Å². The second kappa shape index (κ2) is 4.29. The largest absolute Gasteiger partial charge is 0.542 e. The Kier molecular flexibility index (Phi) is 5.34. The van der Waals surface area contributed by atoms with Gasteiger partial charge in [-0.25, -0.2) is 0 Å². The van der Waals surface area contributed by atoms with Gasteiger partial charge in [0.2, 0.25) is 0 Å². The van der Waals surface area contributed by atoms with Gasteiger partial charge in [0.15, 0.2) is 5.78 Å². The van der Waals surface area contributed by atoms with Gasteiger partial charge in [-0.15, -0.1) is 11.6 Å². The van der Waals surface area contributed by atoms with Crippen LogP contribution in [0.1, 0.15) is 6.92 Å². The summed E-state index contributed by atoms with van der Waals surface area (Å²) in [6, 6.07) is 0. The zero-order chi connectivity index (χ0) is 6.73. The van der Waals surface area contributed by atoms with E-state index in [0.29, 0.717) is 0 Å². The number of hydrogen-bond acceptors (Lipinski definition) is 3. The lowest BCUT2D eigenvalue weighted by Gasteiger charge is -1.99. The van der Waals surface area contributed by atoms with Gasteiger partial charge < -0.3 is 16.1 Å². The molecule has 0 rings (SSSR count). The predicted molar refractivity (Wildman–Crippen MR) is 31.3 cm³/mol. The van der Waals surface area contributed by atoms with Crippen LogP contribution in [0.3, 0.4) is 0 Å². The number of aliphatic carboxylic acids is 1. The number of Topliss-reactive ketones (excluding diaryl/α,β-unsaturated/α-hetero) is 1. The molecule has 0 saturated carbocycles. The average Bonchev–Trinajstić information content (AvgIpc) is 1.64. The fourth-order valence-electron chi connectivity index (χ4n) is 0.162. The molecule has 54 valence electrons. The molecular formula is C4H8ClNO3. The second-order valence-electron chi connectivity index (χ2n) is 1.27. The first-order valence-electron chi connectivity index (χ1n) is 1.95. The number of carbonyl (C=O) groups is 2. The minimum absolute atomic E-state index is 0.